The Labute approximate surface area is 278 Å². The number of imide groups is 1. The molecular formula is C34H31N3O8S2. The summed E-state index contributed by atoms with van der Waals surface area (Å²) in [5.41, 5.74) is 4.04. The summed E-state index contributed by atoms with van der Waals surface area (Å²) in [4.78, 5) is 58.2. The van der Waals surface area contributed by atoms with Gasteiger partial charge < -0.3 is 19.7 Å². The topological polar surface area (TPSA) is 147 Å². The predicted octanol–water partition coefficient (Wildman–Crippen LogP) is 6.01. The average Bonchev–Trinajstić information content (AvgIpc) is 3.63. The summed E-state index contributed by atoms with van der Waals surface area (Å²) in [5.74, 6) is -1.83. The lowest BCUT2D eigenvalue weighted by Crippen LogP contribution is -2.35. The van der Waals surface area contributed by atoms with Gasteiger partial charge in [-0.25, -0.2) is 9.59 Å². The minimum atomic E-state index is -1.02. The molecule has 0 radical (unpaired) electrons. The second-order valence-electron chi connectivity index (χ2n) is 11.1. The number of benzene rings is 2. The van der Waals surface area contributed by atoms with Crippen molar-refractivity contribution >= 4 is 63.2 Å². The van der Waals surface area contributed by atoms with Crippen molar-refractivity contribution in [3.63, 3.8) is 0 Å². The first kappa shape index (κ1) is 32.4. The van der Waals surface area contributed by atoms with Crippen LogP contribution in [0.2, 0.25) is 0 Å². The van der Waals surface area contributed by atoms with Gasteiger partial charge in [0, 0.05) is 47.7 Å². The quantitative estimate of drug-likeness (QED) is 0.143. The highest BCUT2D eigenvalue weighted by atomic mass is 32.2. The Balaban J connectivity index is 1.09. The van der Waals surface area contributed by atoms with E-state index in [1.165, 1.54) is 22.3 Å². The molecule has 242 valence electrons. The molecule has 2 saturated heterocycles. The molecule has 2 aromatic carbocycles. The molecule has 0 unspecified atom stereocenters. The number of aryl methyl sites for hydroxylation is 1. The molecule has 47 heavy (non-hydrogen) atoms. The lowest BCUT2D eigenvalue weighted by Gasteiger charge is -2.27. The highest BCUT2D eigenvalue weighted by Crippen LogP contribution is 2.36. The fraction of sp³-hybridized carbons (Fsp3) is 0.265. The SMILES string of the molecule is Cc1cc(C(=O)O)c2cc(-c3csc(C=C4SC(=O)N(CCCOc5ccc(C(=O)O)cc5CN5CCOCC5)C4=O)c3)ccc2n1. The summed E-state index contributed by atoms with van der Waals surface area (Å²) in [6, 6.07) is 13.7. The van der Waals surface area contributed by atoms with Gasteiger partial charge in [0.2, 0.25) is 0 Å². The zero-order chi connectivity index (χ0) is 33.1. The van der Waals surface area contributed by atoms with Crippen LogP contribution in [0.25, 0.3) is 28.1 Å². The van der Waals surface area contributed by atoms with Gasteiger partial charge in [-0.2, -0.15) is 0 Å². The van der Waals surface area contributed by atoms with E-state index in [1.54, 1.807) is 43.3 Å². The number of hydrogen-bond acceptors (Lipinski definition) is 10. The number of fused-ring (bicyclic) bond motifs is 1. The first-order valence-electron chi connectivity index (χ1n) is 14.9. The molecule has 0 spiro atoms. The van der Waals surface area contributed by atoms with Crippen LogP contribution in [0.1, 0.15) is 43.3 Å². The van der Waals surface area contributed by atoms with E-state index in [1.807, 2.05) is 17.5 Å². The van der Waals surface area contributed by atoms with Crippen LogP contribution in [-0.2, 0) is 16.1 Å². The molecule has 11 nitrogen and oxygen atoms in total. The summed E-state index contributed by atoms with van der Waals surface area (Å²) >= 11 is 2.31. The molecule has 2 aliphatic rings. The third kappa shape index (κ3) is 7.38. The van der Waals surface area contributed by atoms with Gasteiger partial charge in [0.1, 0.15) is 5.75 Å². The number of amides is 2. The van der Waals surface area contributed by atoms with Gasteiger partial charge in [0.25, 0.3) is 11.1 Å². The number of carbonyl (C=O) groups is 4. The Bertz CT molecular complexity index is 1910. The Morgan fingerprint density at radius 1 is 1.02 bits per heavy atom. The number of pyridine rings is 1. The van der Waals surface area contributed by atoms with Gasteiger partial charge in [-0.1, -0.05) is 6.07 Å². The Morgan fingerprint density at radius 2 is 1.83 bits per heavy atom. The Hall–Kier alpha value is -4.56. The maximum absolute atomic E-state index is 13.2. The molecule has 0 atom stereocenters. The third-order valence-corrected chi connectivity index (χ3v) is 9.64. The first-order chi connectivity index (χ1) is 22.7. The maximum atomic E-state index is 13.2. The summed E-state index contributed by atoms with van der Waals surface area (Å²) < 4.78 is 11.4. The number of thiophene rings is 1. The van der Waals surface area contributed by atoms with Crippen LogP contribution >= 0.6 is 23.1 Å². The lowest BCUT2D eigenvalue weighted by molar-refractivity contribution is -0.122. The van der Waals surface area contributed by atoms with Crippen molar-refractivity contribution in [3.8, 4) is 16.9 Å². The summed E-state index contributed by atoms with van der Waals surface area (Å²) in [6.45, 7) is 5.42. The Morgan fingerprint density at radius 3 is 2.60 bits per heavy atom. The maximum Gasteiger partial charge on any atom is 0.336 e. The first-order valence-corrected chi connectivity index (χ1v) is 16.6. The third-order valence-electron chi connectivity index (χ3n) is 7.86. The molecule has 2 aliphatic heterocycles. The van der Waals surface area contributed by atoms with E-state index in [0.29, 0.717) is 53.4 Å². The number of nitrogens with zero attached hydrogens (tertiary/aromatic N) is 3. The number of thioether (sulfide) groups is 1. The molecule has 2 N–H and O–H groups in total. The number of aromatic nitrogens is 1. The van der Waals surface area contributed by atoms with Crippen LogP contribution in [0.4, 0.5) is 4.79 Å². The van der Waals surface area contributed by atoms with Gasteiger partial charge in [-0.05, 0) is 90.2 Å². The van der Waals surface area contributed by atoms with Crippen molar-refractivity contribution in [1.29, 1.82) is 0 Å². The molecule has 2 fully saturated rings. The van der Waals surface area contributed by atoms with E-state index in [0.717, 1.165) is 46.4 Å². The highest BCUT2D eigenvalue weighted by Gasteiger charge is 2.34. The van der Waals surface area contributed by atoms with E-state index in [9.17, 15) is 29.4 Å². The molecule has 0 aliphatic carbocycles. The van der Waals surface area contributed by atoms with E-state index in [2.05, 4.69) is 9.88 Å². The molecule has 0 saturated carbocycles. The van der Waals surface area contributed by atoms with Crippen molar-refractivity contribution in [3.05, 3.63) is 86.1 Å². The normalized spacial score (nSPS) is 16.4. The molecule has 4 heterocycles. The number of hydrogen-bond donors (Lipinski definition) is 2. The van der Waals surface area contributed by atoms with Crippen LogP contribution in [0.15, 0.2) is 58.8 Å². The van der Waals surface area contributed by atoms with Gasteiger partial charge in [0.05, 0.1) is 41.4 Å². The lowest BCUT2D eigenvalue weighted by atomic mass is 10.0. The van der Waals surface area contributed by atoms with Crippen molar-refractivity contribution in [2.24, 2.45) is 0 Å². The number of carboxylic acid groups (broad SMARTS) is 2. The molecule has 4 aromatic rings. The van der Waals surface area contributed by atoms with Crippen LogP contribution < -0.4 is 4.74 Å². The van der Waals surface area contributed by atoms with Crippen molar-refractivity contribution in [2.45, 2.75) is 19.9 Å². The number of rotatable bonds is 11. The number of carbonyl (C=O) groups excluding carboxylic acids is 2. The molecule has 13 heteroatoms. The highest BCUT2D eigenvalue weighted by molar-refractivity contribution is 8.18. The van der Waals surface area contributed by atoms with Crippen molar-refractivity contribution in [2.75, 3.05) is 39.5 Å². The van der Waals surface area contributed by atoms with Crippen LogP contribution in [0, 0.1) is 6.92 Å². The van der Waals surface area contributed by atoms with Crippen LogP contribution in [0.5, 0.6) is 5.75 Å². The van der Waals surface area contributed by atoms with E-state index >= 15 is 0 Å². The summed E-state index contributed by atoms with van der Waals surface area (Å²) in [6.07, 6.45) is 2.10. The minimum absolute atomic E-state index is 0.181. The van der Waals surface area contributed by atoms with Gasteiger partial charge in [0.15, 0.2) is 0 Å². The van der Waals surface area contributed by atoms with Crippen molar-refractivity contribution in [1.82, 2.24) is 14.8 Å². The van der Waals surface area contributed by atoms with E-state index < -0.39 is 11.9 Å². The molecule has 6 rings (SSSR count). The molecule has 2 amide bonds. The van der Waals surface area contributed by atoms with Gasteiger partial charge in [-0.15, -0.1) is 11.3 Å². The minimum Gasteiger partial charge on any atom is -0.493 e. The number of aromatic carboxylic acids is 2. The van der Waals surface area contributed by atoms with Crippen LogP contribution in [-0.4, -0.2) is 87.5 Å². The number of carboxylic acids is 2. The summed E-state index contributed by atoms with van der Waals surface area (Å²) in [5, 5.41) is 21.3. The molecule has 0 bridgehead atoms. The van der Waals surface area contributed by atoms with E-state index in [-0.39, 0.29) is 35.4 Å². The second kappa shape index (κ2) is 14.1. The largest absolute Gasteiger partial charge is 0.493 e. The molecular weight excluding hydrogens is 643 g/mol. The zero-order valence-corrected chi connectivity index (χ0v) is 27.1. The van der Waals surface area contributed by atoms with E-state index in [4.69, 9.17) is 9.47 Å². The summed E-state index contributed by atoms with van der Waals surface area (Å²) in [7, 11) is 0. The fourth-order valence-corrected chi connectivity index (χ4v) is 7.28. The van der Waals surface area contributed by atoms with Crippen molar-refractivity contribution < 1.29 is 38.9 Å². The predicted molar refractivity (Wildman–Crippen MR) is 179 cm³/mol. The second-order valence-corrected chi connectivity index (χ2v) is 13.1. The Kier molecular flexibility index (Phi) is 9.68. The zero-order valence-electron chi connectivity index (χ0n) is 25.4. The molecule has 2 aromatic heterocycles. The van der Waals surface area contributed by atoms with Gasteiger partial charge >= 0.3 is 11.9 Å². The number of morpholine rings is 1. The monoisotopic (exact) mass is 673 g/mol. The average molecular weight is 674 g/mol. The smallest absolute Gasteiger partial charge is 0.336 e. The number of ether oxygens (including phenoxy) is 2. The van der Waals surface area contributed by atoms with Crippen LogP contribution in [0.3, 0.4) is 0 Å². The van der Waals surface area contributed by atoms with Gasteiger partial charge in [-0.3, -0.25) is 24.4 Å². The fourth-order valence-electron chi connectivity index (χ4n) is 5.50. The standard InChI is InChI=1S/C34H31N3O8S2/c1-20-13-27(33(41)42)26-16-21(3-5-28(26)35-20)24-15-25(46-19-24)17-30-31(38)37(34(43)47-30)7-2-10-45-29-6-4-22(32(39)40)14-23(29)18-36-8-11-44-12-9-36/h3-6,13-17,19H,2,7-12,18H2,1H3,(H,39,40)(H,41,42).